The molecule has 1 N–H and O–H groups in total. The molecule has 1 aliphatic rings. The molecule has 1 aliphatic heterocycles. The molecule has 2 amide bonds. The van der Waals surface area contributed by atoms with Gasteiger partial charge in [-0.05, 0) is 66.9 Å². The Balaban J connectivity index is 1.65. The Labute approximate surface area is 170 Å². The quantitative estimate of drug-likeness (QED) is 0.664. The third-order valence-electron chi connectivity index (χ3n) is 5.03. The Hall–Kier alpha value is -3.61. The second-order valence-corrected chi connectivity index (χ2v) is 6.93. The summed E-state index contributed by atoms with van der Waals surface area (Å²) in [6.45, 7) is 0.344. The number of hydrogen-bond acceptors (Lipinski definition) is 2. The average Bonchev–Trinajstić information content (AvgIpc) is 2.75. The maximum Gasteiger partial charge on any atom is 0.261 e. The average molecular weight is 410 g/mol. The van der Waals surface area contributed by atoms with Crippen molar-refractivity contribution in [3.63, 3.8) is 0 Å². The van der Waals surface area contributed by atoms with Crippen molar-refractivity contribution in [3.8, 4) is 0 Å². The fourth-order valence-electron chi connectivity index (χ4n) is 3.56. The zero-order valence-corrected chi connectivity index (χ0v) is 15.8. The Morgan fingerprint density at radius 3 is 2.40 bits per heavy atom. The molecule has 0 atom stereocenters. The van der Waals surface area contributed by atoms with E-state index in [0.29, 0.717) is 36.3 Å². The molecule has 0 radical (unpaired) electrons. The predicted octanol–water partition coefficient (Wildman–Crippen LogP) is 4.95. The first-order valence-corrected chi connectivity index (χ1v) is 9.40. The van der Waals surface area contributed by atoms with Gasteiger partial charge in [-0.15, -0.1) is 0 Å². The number of fused-ring (bicyclic) bond motifs is 1. The molecular formula is C23H17F3N2O2. The van der Waals surface area contributed by atoms with E-state index in [1.54, 1.807) is 18.2 Å². The predicted molar refractivity (Wildman–Crippen MR) is 107 cm³/mol. The van der Waals surface area contributed by atoms with E-state index in [2.05, 4.69) is 5.32 Å². The fourth-order valence-corrected chi connectivity index (χ4v) is 3.56. The van der Waals surface area contributed by atoms with Gasteiger partial charge in [0, 0.05) is 23.5 Å². The lowest BCUT2D eigenvalue weighted by Crippen LogP contribution is -2.36. The summed E-state index contributed by atoms with van der Waals surface area (Å²) in [5.74, 6) is -3.77. The van der Waals surface area contributed by atoms with Crippen molar-refractivity contribution in [1.82, 2.24) is 0 Å². The van der Waals surface area contributed by atoms with Crippen LogP contribution in [0.3, 0.4) is 0 Å². The minimum Gasteiger partial charge on any atom is -0.322 e. The number of hydrogen-bond donors (Lipinski definition) is 1. The molecule has 1 heterocycles. The van der Waals surface area contributed by atoms with Gasteiger partial charge in [0.25, 0.3) is 11.8 Å². The maximum absolute atomic E-state index is 14.1. The van der Waals surface area contributed by atoms with Crippen molar-refractivity contribution in [2.24, 2.45) is 0 Å². The number of halogens is 3. The van der Waals surface area contributed by atoms with Crippen molar-refractivity contribution >= 4 is 23.2 Å². The Morgan fingerprint density at radius 2 is 1.63 bits per heavy atom. The van der Waals surface area contributed by atoms with Crippen LogP contribution in [0.5, 0.6) is 0 Å². The molecule has 0 fully saturated rings. The molecule has 0 bridgehead atoms. The molecule has 4 nitrogen and oxygen atoms in total. The van der Waals surface area contributed by atoms with Crippen molar-refractivity contribution in [2.45, 2.75) is 12.8 Å². The lowest BCUT2D eigenvalue weighted by atomic mass is 9.98. The van der Waals surface area contributed by atoms with E-state index in [4.69, 9.17) is 0 Å². The Kier molecular flexibility index (Phi) is 5.27. The van der Waals surface area contributed by atoms with Gasteiger partial charge in [-0.2, -0.15) is 0 Å². The largest absolute Gasteiger partial charge is 0.322 e. The van der Waals surface area contributed by atoms with E-state index in [1.165, 1.54) is 41.3 Å². The standard InChI is InChI=1S/C23H17F3N2O2/c24-15-11-9-14(10-12-15)22(29)27-19-7-2-8-20-16(19)5-3-13-28(20)23(30)17-4-1-6-18(25)21(17)26/h1-2,4,6-12H,3,5,13H2,(H,27,29). The number of carbonyl (C=O) groups excluding carboxylic acids is 2. The molecule has 0 aliphatic carbocycles. The fraction of sp³-hybridized carbons (Fsp3) is 0.130. The van der Waals surface area contributed by atoms with Gasteiger partial charge in [-0.3, -0.25) is 9.59 Å². The molecule has 3 aromatic carbocycles. The van der Waals surface area contributed by atoms with Crippen molar-refractivity contribution in [1.29, 1.82) is 0 Å². The number of nitrogens with one attached hydrogen (secondary N) is 1. The van der Waals surface area contributed by atoms with Crippen molar-refractivity contribution in [2.75, 3.05) is 16.8 Å². The van der Waals surface area contributed by atoms with E-state index < -0.39 is 29.3 Å². The number of carbonyl (C=O) groups is 2. The molecule has 152 valence electrons. The first-order chi connectivity index (χ1) is 14.5. The number of amides is 2. The van der Waals surface area contributed by atoms with Gasteiger partial charge in [0.2, 0.25) is 0 Å². The van der Waals surface area contributed by atoms with Crippen LogP contribution in [0.1, 0.15) is 32.7 Å². The highest BCUT2D eigenvalue weighted by Crippen LogP contribution is 2.34. The monoisotopic (exact) mass is 410 g/mol. The normalized spacial score (nSPS) is 13.0. The first-order valence-electron chi connectivity index (χ1n) is 9.40. The maximum atomic E-state index is 14.1. The summed E-state index contributed by atoms with van der Waals surface area (Å²) >= 11 is 0. The molecule has 4 rings (SSSR count). The summed E-state index contributed by atoms with van der Waals surface area (Å²) in [6.07, 6.45) is 1.20. The van der Waals surface area contributed by atoms with Gasteiger partial charge in [-0.1, -0.05) is 12.1 Å². The molecule has 0 saturated heterocycles. The summed E-state index contributed by atoms with van der Waals surface area (Å²) in [4.78, 5) is 26.8. The summed E-state index contributed by atoms with van der Waals surface area (Å²) in [5.41, 5.74) is 1.72. The molecule has 0 spiro atoms. The van der Waals surface area contributed by atoms with Gasteiger partial charge in [0.15, 0.2) is 11.6 Å². The van der Waals surface area contributed by atoms with Crippen LogP contribution in [0.25, 0.3) is 0 Å². The number of benzene rings is 3. The van der Waals surface area contributed by atoms with Crippen LogP contribution in [0.15, 0.2) is 60.7 Å². The van der Waals surface area contributed by atoms with Crippen LogP contribution in [0.4, 0.5) is 24.5 Å². The van der Waals surface area contributed by atoms with Gasteiger partial charge in [0.05, 0.1) is 5.56 Å². The Morgan fingerprint density at radius 1 is 0.900 bits per heavy atom. The third kappa shape index (κ3) is 3.66. The van der Waals surface area contributed by atoms with E-state index in [-0.39, 0.29) is 5.56 Å². The lowest BCUT2D eigenvalue weighted by molar-refractivity contribution is 0.0979. The van der Waals surface area contributed by atoms with Gasteiger partial charge < -0.3 is 10.2 Å². The molecule has 30 heavy (non-hydrogen) atoms. The SMILES string of the molecule is O=C(Nc1cccc2c1CCCN2C(=O)c1cccc(F)c1F)c1ccc(F)cc1. The molecule has 7 heteroatoms. The van der Waals surface area contributed by atoms with Gasteiger partial charge in [0.1, 0.15) is 5.82 Å². The summed E-state index contributed by atoms with van der Waals surface area (Å²) in [5, 5.41) is 2.79. The number of anilines is 2. The summed E-state index contributed by atoms with van der Waals surface area (Å²) in [7, 11) is 0. The minimum absolute atomic E-state index is 0.291. The lowest BCUT2D eigenvalue weighted by Gasteiger charge is -2.31. The molecular weight excluding hydrogens is 393 g/mol. The van der Waals surface area contributed by atoms with Crippen LogP contribution in [-0.4, -0.2) is 18.4 Å². The van der Waals surface area contributed by atoms with E-state index >= 15 is 0 Å². The van der Waals surface area contributed by atoms with Crippen LogP contribution >= 0.6 is 0 Å². The van der Waals surface area contributed by atoms with E-state index in [9.17, 15) is 22.8 Å². The van der Waals surface area contributed by atoms with E-state index in [1.807, 2.05) is 0 Å². The number of nitrogens with zero attached hydrogens (tertiary/aromatic N) is 1. The zero-order chi connectivity index (χ0) is 21.3. The van der Waals surface area contributed by atoms with Crippen LogP contribution in [0.2, 0.25) is 0 Å². The second-order valence-electron chi connectivity index (χ2n) is 6.93. The summed E-state index contributed by atoms with van der Waals surface area (Å²) < 4.78 is 40.8. The molecule has 3 aromatic rings. The second kappa shape index (κ2) is 8.02. The molecule has 0 unspecified atom stereocenters. The molecule has 0 aromatic heterocycles. The van der Waals surface area contributed by atoms with Crippen LogP contribution in [-0.2, 0) is 6.42 Å². The van der Waals surface area contributed by atoms with Gasteiger partial charge >= 0.3 is 0 Å². The molecule has 0 saturated carbocycles. The highest BCUT2D eigenvalue weighted by molar-refractivity contribution is 6.09. The minimum atomic E-state index is -1.18. The topological polar surface area (TPSA) is 49.4 Å². The highest BCUT2D eigenvalue weighted by atomic mass is 19.2. The Bertz CT molecular complexity index is 1130. The van der Waals surface area contributed by atoms with Gasteiger partial charge in [-0.25, -0.2) is 13.2 Å². The van der Waals surface area contributed by atoms with Crippen LogP contribution in [0, 0.1) is 17.5 Å². The number of rotatable bonds is 3. The van der Waals surface area contributed by atoms with Crippen molar-refractivity contribution in [3.05, 3.63) is 94.8 Å². The van der Waals surface area contributed by atoms with Crippen molar-refractivity contribution < 1.29 is 22.8 Å². The van der Waals surface area contributed by atoms with E-state index in [0.717, 1.165) is 11.6 Å². The summed E-state index contributed by atoms with van der Waals surface area (Å²) in [6, 6.07) is 13.7. The smallest absolute Gasteiger partial charge is 0.261 e. The first kappa shape index (κ1) is 19.7. The highest BCUT2D eigenvalue weighted by Gasteiger charge is 2.28. The van der Waals surface area contributed by atoms with Crippen LogP contribution < -0.4 is 10.2 Å². The third-order valence-corrected chi connectivity index (χ3v) is 5.03. The zero-order valence-electron chi connectivity index (χ0n) is 15.8.